The Balaban J connectivity index is 1.50. The number of aryl methyl sites for hydroxylation is 2. The van der Waals surface area contributed by atoms with Crippen molar-refractivity contribution in [3.8, 4) is 0 Å². The second kappa shape index (κ2) is 8.42. The highest BCUT2D eigenvalue weighted by Gasteiger charge is 2.20. The maximum absolute atomic E-state index is 13.3. The van der Waals surface area contributed by atoms with Crippen LogP contribution in [0.5, 0.6) is 0 Å². The molecule has 0 bridgehead atoms. The molecule has 3 nitrogen and oxygen atoms in total. The van der Waals surface area contributed by atoms with E-state index in [4.69, 9.17) is 0 Å². The first-order valence-corrected chi connectivity index (χ1v) is 9.61. The van der Waals surface area contributed by atoms with Crippen molar-refractivity contribution in [1.82, 2.24) is 5.32 Å². The third kappa shape index (κ3) is 5.56. The summed E-state index contributed by atoms with van der Waals surface area (Å²) < 4.78 is 13.3. The van der Waals surface area contributed by atoms with Gasteiger partial charge < -0.3 is 10.6 Å². The summed E-state index contributed by atoms with van der Waals surface area (Å²) in [6.07, 6.45) is 3.80. The van der Waals surface area contributed by atoms with Crippen LogP contribution in [0.15, 0.2) is 77.6 Å². The van der Waals surface area contributed by atoms with E-state index in [9.17, 15) is 4.39 Å². The van der Waals surface area contributed by atoms with E-state index in [1.807, 2.05) is 18.2 Å². The van der Waals surface area contributed by atoms with E-state index < -0.39 is 0 Å². The summed E-state index contributed by atoms with van der Waals surface area (Å²) in [4.78, 5) is 4.52. The number of hydrogen-bond acceptors (Lipinski definition) is 3. The van der Waals surface area contributed by atoms with Gasteiger partial charge in [-0.2, -0.15) is 0 Å². The molecular weight excluding hydrogens is 349 g/mol. The summed E-state index contributed by atoms with van der Waals surface area (Å²) >= 11 is 0. The molecule has 0 unspecified atom stereocenters. The molecule has 4 heteroatoms. The molecular formula is C24H28FN3. The highest BCUT2D eigenvalue weighted by atomic mass is 19.1. The van der Waals surface area contributed by atoms with E-state index in [1.165, 1.54) is 17.2 Å². The molecule has 0 spiro atoms. The summed E-state index contributed by atoms with van der Waals surface area (Å²) in [6, 6.07) is 15.0. The van der Waals surface area contributed by atoms with Gasteiger partial charge in [0.25, 0.3) is 0 Å². The van der Waals surface area contributed by atoms with Crippen LogP contribution in [0.25, 0.3) is 0 Å². The first kappa shape index (κ1) is 19.9. The van der Waals surface area contributed by atoms with Gasteiger partial charge in [-0.15, -0.1) is 0 Å². The van der Waals surface area contributed by atoms with Crippen LogP contribution in [-0.4, -0.2) is 12.4 Å². The van der Waals surface area contributed by atoms with E-state index in [1.54, 1.807) is 12.1 Å². The quantitative estimate of drug-likeness (QED) is 0.700. The van der Waals surface area contributed by atoms with Crippen molar-refractivity contribution in [3.63, 3.8) is 0 Å². The Kier molecular flexibility index (Phi) is 5.98. The molecule has 28 heavy (non-hydrogen) atoms. The lowest BCUT2D eigenvalue weighted by atomic mass is 9.87. The smallest absolute Gasteiger partial charge is 0.126 e. The predicted octanol–water partition coefficient (Wildman–Crippen LogP) is 5.47. The SMILES string of the molecule is C=C(NC1=NCC(C(C)(C)C)=C1)Nc1ccc(CCc2cccc(F)c2)cc1. The second-order valence-corrected chi connectivity index (χ2v) is 8.18. The lowest BCUT2D eigenvalue weighted by Crippen LogP contribution is -2.24. The zero-order chi connectivity index (χ0) is 20.1. The highest BCUT2D eigenvalue weighted by Crippen LogP contribution is 2.27. The molecule has 2 aromatic carbocycles. The minimum absolute atomic E-state index is 0.128. The number of anilines is 1. The van der Waals surface area contributed by atoms with Crippen LogP contribution < -0.4 is 10.6 Å². The maximum atomic E-state index is 13.3. The lowest BCUT2D eigenvalue weighted by molar-refractivity contribution is 0.499. The van der Waals surface area contributed by atoms with Gasteiger partial charge in [0.05, 0.1) is 6.54 Å². The Morgan fingerprint density at radius 3 is 2.39 bits per heavy atom. The zero-order valence-electron chi connectivity index (χ0n) is 16.8. The van der Waals surface area contributed by atoms with Gasteiger partial charge in [0.2, 0.25) is 0 Å². The Morgan fingerprint density at radius 1 is 1.04 bits per heavy atom. The Bertz CT molecular complexity index is 902. The van der Waals surface area contributed by atoms with Gasteiger partial charge in [0.15, 0.2) is 0 Å². The number of aliphatic imine (C=N–C) groups is 1. The van der Waals surface area contributed by atoms with E-state index in [-0.39, 0.29) is 11.2 Å². The lowest BCUT2D eigenvalue weighted by Gasteiger charge is -2.18. The topological polar surface area (TPSA) is 36.4 Å². The van der Waals surface area contributed by atoms with Gasteiger partial charge in [0.1, 0.15) is 17.5 Å². The molecule has 1 aliphatic heterocycles. The molecule has 0 saturated carbocycles. The molecule has 3 rings (SSSR count). The fraction of sp³-hybridized carbons (Fsp3) is 0.292. The molecule has 146 valence electrons. The summed E-state index contributed by atoms with van der Waals surface area (Å²) in [6.45, 7) is 11.4. The van der Waals surface area contributed by atoms with E-state index in [2.05, 4.69) is 61.2 Å². The fourth-order valence-corrected chi connectivity index (χ4v) is 3.05. The van der Waals surface area contributed by atoms with Crippen molar-refractivity contribution in [1.29, 1.82) is 0 Å². The number of halogens is 1. The van der Waals surface area contributed by atoms with E-state index >= 15 is 0 Å². The van der Waals surface area contributed by atoms with E-state index in [0.29, 0.717) is 5.82 Å². The number of nitrogens with zero attached hydrogens (tertiary/aromatic N) is 1. The van der Waals surface area contributed by atoms with Crippen LogP contribution in [-0.2, 0) is 12.8 Å². The molecule has 0 saturated heterocycles. The molecule has 2 aromatic rings. The first-order valence-electron chi connectivity index (χ1n) is 9.61. The van der Waals surface area contributed by atoms with Crippen molar-refractivity contribution < 1.29 is 4.39 Å². The monoisotopic (exact) mass is 377 g/mol. The molecule has 1 aliphatic rings. The number of rotatable bonds is 6. The van der Waals surface area contributed by atoms with Crippen molar-refractivity contribution in [2.45, 2.75) is 33.6 Å². The standard InChI is InChI=1S/C24H28FN3/c1-17(28-23-15-20(16-26-23)24(2,3)4)27-22-12-10-18(11-13-22)8-9-19-6-5-7-21(25)14-19/h5-7,10-15,27H,1,8-9,16H2,2-4H3,(H,26,28). The van der Waals surface area contributed by atoms with Gasteiger partial charge >= 0.3 is 0 Å². The Labute approximate surface area is 167 Å². The maximum Gasteiger partial charge on any atom is 0.126 e. The van der Waals surface area contributed by atoms with Gasteiger partial charge in [-0.3, -0.25) is 4.99 Å². The molecule has 0 aromatic heterocycles. The van der Waals surface area contributed by atoms with E-state index in [0.717, 1.165) is 36.5 Å². The molecule has 0 amide bonds. The summed E-state index contributed by atoms with van der Waals surface area (Å²) in [7, 11) is 0. The predicted molar refractivity (Wildman–Crippen MR) is 116 cm³/mol. The van der Waals surface area contributed by atoms with Crippen LogP contribution in [0.2, 0.25) is 0 Å². The number of nitrogens with one attached hydrogen (secondary N) is 2. The van der Waals surface area contributed by atoms with Crippen LogP contribution in [0.3, 0.4) is 0 Å². The van der Waals surface area contributed by atoms with Gasteiger partial charge in [-0.05, 0) is 65.3 Å². The molecule has 0 atom stereocenters. The Hall–Kier alpha value is -2.88. The zero-order valence-corrected chi connectivity index (χ0v) is 16.8. The van der Waals surface area contributed by atoms with Crippen molar-refractivity contribution >= 4 is 11.5 Å². The van der Waals surface area contributed by atoms with Gasteiger partial charge in [-0.25, -0.2) is 4.39 Å². The third-order valence-electron chi connectivity index (χ3n) is 4.81. The fourth-order valence-electron chi connectivity index (χ4n) is 3.05. The van der Waals surface area contributed by atoms with Gasteiger partial charge in [-0.1, -0.05) is 51.6 Å². The Morgan fingerprint density at radius 2 is 1.75 bits per heavy atom. The first-order chi connectivity index (χ1) is 13.3. The van der Waals surface area contributed by atoms with Crippen LogP contribution in [0.4, 0.5) is 10.1 Å². The summed E-state index contributed by atoms with van der Waals surface area (Å²) in [5.41, 5.74) is 4.63. The number of amidine groups is 1. The summed E-state index contributed by atoms with van der Waals surface area (Å²) in [5.74, 6) is 1.35. The minimum atomic E-state index is -0.181. The molecule has 0 fully saturated rings. The average molecular weight is 378 g/mol. The van der Waals surface area contributed by atoms with Crippen LogP contribution in [0, 0.1) is 11.2 Å². The molecule has 0 radical (unpaired) electrons. The molecule has 1 heterocycles. The number of benzene rings is 2. The third-order valence-corrected chi connectivity index (χ3v) is 4.81. The van der Waals surface area contributed by atoms with Crippen molar-refractivity contribution in [2.24, 2.45) is 10.4 Å². The molecule has 0 aliphatic carbocycles. The van der Waals surface area contributed by atoms with Gasteiger partial charge in [0, 0.05) is 5.69 Å². The summed E-state index contributed by atoms with van der Waals surface area (Å²) in [5, 5.41) is 6.49. The average Bonchev–Trinajstić information content (AvgIpc) is 3.10. The van der Waals surface area contributed by atoms with Crippen LogP contribution in [0.1, 0.15) is 31.9 Å². The highest BCUT2D eigenvalue weighted by molar-refractivity contribution is 5.97. The number of hydrogen-bond donors (Lipinski definition) is 2. The molecule has 2 N–H and O–H groups in total. The van der Waals surface area contributed by atoms with Crippen molar-refractivity contribution in [2.75, 3.05) is 11.9 Å². The van der Waals surface area contributed by atoms with Crippen molar-refractivity contribution in [3.05, 3.63) is 89.5 Å². The normalized spacial score (nSPS) is 13.7. The second-order valence-electron chi connectivity index (χ2n) is 8.18. The minimum Gasteiger partial charge on any atom is -0.342 e. The largest absolute Gasteiger partial charge is 0.342 e. The van der Waals surface area contributed by atoms with Crippen LogP contribution >= 0.6 is 0 Å².